The third-order valence-electron chi connectivity index (χ3n) is 10.3. The fourth-order valence-corrected chi connectivity index (χ4v) is 8.86. The van der Waals surface area contributed by atoms with Crippen molar-refractivity contribution in [2.75, 3.05) is 0 Å². The van der Waals surface area contributed by atoms with Crippen LogP contribution in [0.3, 0.4) is 0 Å². The van der Waals surface area contributed by atoms with Crippen LogP contribution in [-0.4, -0.2) is 21.8 Å². The average Bonchev–Trinajstić information content (AvgIpc) is 2.66. The highest BCUT2D eigenvalue weighted by Crippen LogP contribution is 2.70. The lowest BCUT2D eigenvalue weighted by Gasteiger charge is -2.68. The summed E-state index contributed by atoms with van der Waals surface area (Å²) in [5.41, 5.74) is 0.516. The number of aliphatic carboxylic acids is 1. The number of hydrogen-bond acceptors (Lipinski definition) is 3. The number of aromatic hydroxyl groups is 1. The first-order chi connectivity index (χ1) is 14.0. The highest BCUT2D eigenvalue weighted by Gasteiger charge is 2.67. The number of phenols is 1. The fourth-order valence-electron chi connectivity index (χ4n) is 8.86. The van der Waals surface area contributed by atoms with Crippen LogP contribution in [0.15, 0.2) is 18.2 Å². The first-order valence-corrected chi connectivity index (χ1v) is 11.8. The standard InChI is InChI=1S/C26H36O4/c1-23-10-5-11-25(3,22(28)29)20(23)8-12-24(2)19(23)9-13-26(4)21(24)15-16-14-17(27)6-7-18(16)30-26/h6-7,14,19-21,27H,5,8-13,15H2,1-4H3,(H,28,29)/t19-,20-,21+,23-,24-,25+,26+/m1/s1. The molecule has 4 aliphatic rings. The van der Waals surface area contributed by atoms with Crippen LogP contribution in [0.25, 0.3) is 0 Å². The smallest absolute Gasteiger partial charge is 0.309 e. The number of benzene rings is 1. The molecule has 1 heterocycles. The van der Waals surface area contributed by atoms with Gasteiger partial charge in [0.2, 0.25) is 0 Å². The highest BCUT2D eigenvalue weighted by atomic mass is 16.5. The van der Waals surface area contributed by atoms with E-state index in [0.29, 0.717) is 17.6 Å². The van der Waals surface area contributed by atoms with Crippen LogP contribution in [-0.2, 0) is 11.2 Å². The van der Waals surface area contributed by atoms with Crippen LogP contribution in [0.4, 0.5) is 0 Å². The summed E-state index contributed by atoms with van der Waals surface area (Å²) in [6.45, 7) is 9.17. The molecule has 4 nitrogen and oxygen atoms in total. The van der Waals surface area contributed by atoms with Crippen LogP contribution in [0, 0.1) is 34.0 Å². The average molecular weight is 413 g/mol. The Bertz CT molecular complexity index is 895. The summed E-state index contributed by atoms with van der Waals surface area (Å²) in [6, 6.07) is 5.51. The van der Waals surface area contributed by atoms with Crippen molar-refractivity contribution in [2.45, 2.75) is 84.7 Å². The van der Waals surface area contributed by atoms with Crippen molar-refractivity contribution in [3.8, 4) is 11.5 Å². The largest absolute Gasteiger partial charge is 0.508 e. The Morgan fingerprint density at radius 1 is 0.967 bits per heavy atom. The lowest BCUT2D eigenvalue weighted by molar-refractivity contribution is -0.214. The van der Waals surface area contributed by atoms with Crippen LogP contribution in [0.5, 0.6) is 11.5 Å². The van der Waals surface area contributed by atoms with E-state index in [9.17, 15) is 15.0 Å². The Balaban J connectivity index is 1.55. The zero-order chi connectivity index (χ0) is 21.5. The molecule has 1 aromatic carbocycles. The van der Waals surface area contributed by atoms with E-state index < -0.39 is 11.4 Å². The maximum Gasteiger partial charge on any atom is 0.309 e. The van der Waals surface area contributed by atoms with Gasteiger partial charge in [-0.2, -0.15) is 0 Å². The third-order valence-corrected chi connectivity index (χ3v) is 10.3. The second kappa shape index (κ2) is 6.17. The third kappa shape index (κ3) is 2.48. The second-order valence-corrected chi connectivity index (χ2v) is 11.7. The van der Waals surface area contributed by atoms with Crippen molar-refractivity contribution in [1.29, 1.82) is 0 Å². The molecule has 1 aromatic rings. The van der Waals surface area contributed by atoms with Crippen LogP contribution in [0.1, 0.15) is 78.2 Å². The molecule has 1 aliphatic heterocycles. The zero-order valence-electron chi connectivity index (χ0n) is 18.8. The first kappa shape index (κ1) is 20.2. The van der Waals surface area contributed by atoms with Gasteiger partial charge in [0, 0.05) is 5.92 Å². The van der Waals surface area contributed by atoms with Gasteiger partial charge in [0.05, 0.1) is 5.41 Å². The van der Waals surface area contributed by atoms with Gasteiger partial charge in [-0.1, -0.05) is 20.3 Å². The molecule has 7 atom stereocenters. The minimum Gasteiger partial charge on any atom is -0.508 e. The van der Waals surface area contributed by atoms with Crippen molar-refractivity contribution < 1.29 is 19.7 Å². The van der Waals surface area contributed by atoms with E-state index in [1.54, 1.807) is 6.07 Å². The minimum atomic E-state index is -0.604. The van der Waals surface area contributed by atoms with E-state index in [1.807, 2.05) is 19.1 Å². The topological polar surface area (TPSA) is 66.8 Å². The number of ether oxygens (including phenoxy) is 1. The van der Waals surface area contributed by atoms with Gasteiger partial charge in [-0.05, 0) is 105 Å². The number of carboxylic acids is 1. The maximum atomic E-state index is 12.3. The molecule has 164 valence electrons. The van der Waals surface area contributed by atoms with Gasteiger partial charge in [0.25, 0.3) is 0 Å². The quantitative estimate of drug-likeness (QED) is 0.611. The monoisotopic (exact) mass is 412 g/mol. The summed E-state index contributed by atoms with van der Waals surface area (Å²) in [5.74, 6) is 1.77. The van der Waals surface area contributed by atoms with Crippen LogP contribution < -0.4 is 4.74 Å². The Hall–Kier alpha value is -1.71. The Morgan fingerprint density at radius 3 is 2.40 bits per heavy atom. The van der Waals surface area contributed by atoms with E-state index in [1.165, 1.54) is 0 Å². The number of carbonyl (C=O) groups is 1. The van der Waals surface area contributed by atoms with Crippen molar-refractivity contribution in [3.63, 3.8) is 0 Å². The van der Waals surface area contributed by atoms with Crippen molar-refractivity contribution in [1.82, 2.24) is 0 Å². The van der Waals surface area contributed by atoms with Crippen molar-refractivity contribution in [2.24, 2.45) is 34.0 Å². The number of fused-ring (bicyclic) bond motifs is 6. The van der Waals surface area contributed by atoms with Crippen LogP contribution in [0.2, 0.25) is 0 Å². The Labute approximate surface area is 180 Å². The number of carboxylic acid groups (broad SMARTS) is 1. The lowest BCUT2D eigenvalue weighted by atomic mass is 9.37. The predicted octanol–water partition coefficient (Wildman–Crippen LogP) is 5.81. The molecule has 3 saturated carbocycles. The van der Waals surface area contributed by atoms with E-state index in [-0.39, 0.29) is 22.3 Å². The number of phenolic OH excluding ortho intramolecular Hbond substituents is 1. The van der Waals surface area contributed by atoms with E-state index >= 15 is 0 Å². The molecule has 0 unspecified atom stereocenters. The summed E-state index contributed by atoms with van der Waals surface area (Å²) < 4.78 is 6.64. The zero-order valence-corrected chi connectivity index (χ0v) is 18.8. The van der Waals surface area contributed by atoms with Crippen molar-refractivity contribution >= 4 is 5.97 Å². The Kier molecular flexibility index (Phi) is 4.16. The van der Waals surface area contributed by atoms with E-state index in [0.717, 1.165) is 62.7 Å². The van der Waals surface area contributed by atoms with Gasteiger partial charge in [-0.15, -0.1) is 0 Å². The molecule has 0 amide bonds. The van der Waals surface area contributed by atoms with Gasteiger partial charge < -0.3 is 14.9 Å². The number of hydrogen-bond donors (Lipinski definition) is 2. The summed E-state index contributed by atoms with van der Waals surface area (Å²) in [5, 5.41) is 20.2. The summed E-state index contributed by atoms with van der Waals surface area (Å²) in [6.07, 6.45) is 8.08. The molecule has 4 heteroatoms. The molecule has 2 N–H and O–H groups in total. The maximum absolute atomic E-state index is 12.3. The molecule has 5 rings (SSSR count). The van der Waals surface area contributed by atoms with Gasteiger partial charge in [0.15, 0.2) is 0 Å². The first-order valence-electron chi connectivity index (χ1n) is 11.8. The number of rotatable bonds is 1. The molecular weight excluding hydrogens is 376 g/mol. The molecule has 3 aliphatic carbocycles. The summed E-state index contributed by atoms with van der Waals surface area (Å²) >= 11 is 0. The molecule has 3 fully saturated rings. The van der Waals surface area contributed by atoms with E-state index in [4.69, 9.17) is 4.74 Å². The van der Waals surface area contributed by atoms with Gasteiger partial charge in [-0.3, -0.25) is 4.79 Å². The van der Waals surface area contributed by atoms with Gasteiger partial charge >= 0.3 is 5.97 Å². The minimum absolute atomic E-state index is 0.0683. The van der Waals surface area contributed by atoms with E-state index in [2.05, 4.69) is 20.8 Å². The van der Waals surface area contributed by atoms with Crippen LogP contribution >= 0.6 is 0 Å². The molecule has 0 saturated heterocycles. The van der Waals surface area contributed by atoms with Crippen molar-refractivity contribution in [3.05, 3.63) is 23.8 Å². The molecule has 0 radical (unpaired) electrons. The molecular formula is C26H36O4. The van der Waals surface area contributed by atoms with Gasteiger partial charge in [0.1, 0.15) is 17.1 Å². The van der Waals surface area contributed by atoms with Gasteiger partial charge in [-0.25, -0.2) is 0 Å². The highest BCUT2D eigenvalue weighted by molar-refractivity contribution is 5.75. The summed E-state index contributed by atoms with van der Waals surface area (Å²) in [7, 11) is 0. The molecule has 0 spiro atoms. The Morgan fingerprint density at radius 2 is 1.67 bits per heavy atom. The molecule has 0 aromatic heterocycles. The predicted molar refractivity (Wildman–Crippen MR) is 116 cm³/mol. The fraction of sp³-hybridized carbons (Fsp3) is 0.731. The molecule has 30 heavy (non-hydrogen) atoms. The second-order valence-electron chi connectivity index (χ2n) is 11.7. The normalized spacial score (nSPS) is 47.1. The molecule has 0 bridgehead atoms. The summed E-state index contributed by atoms with van der Waals surface area (Å²) in [4.78, 5) is 12.3. The SMILES string of the molecule is C[C@]12CCC[C@](C)(C(=O)O)[C@@H]1CC[C@]1(C)[C@@H]2CC[C@]2(C)Oc3ccc(O)cc3C[C@@H]12. The lowest BCUT2D eigenvalue weighted by Crippen LogP contribution is -2.65.